The summed E-state index contributed by atoms with van der Waals surface area (Å²) in [5, 5.41) is 0. The Morgan fingerprint density at radius 2 is 1.62 bits per heavy atom. The Kier molecular flexibility index (Phi) is 7.25. The first-order chi connectivity index (χ1) is 17.6. The van der Waals surface area contributed by atoms with Crippen LogP contribution in [0.4, 0.5) is 17.6 Å². The highest BCUT2D eigenvalue weighted by Crippen LogP contribution is 2.23. The summed E-state index contributed by atoms with van der Waals surface area (Å²) < 4.78 is 87.2. The predicted octanol–water partition coefficient (Wildman–Crippen LogP) is 3.86. The molecule has 0 amide bonds. The second kappa shape index (κ2) is 10.4. The van der Waals surface area contributed by atoms with Gasteiger partial charge in [0.25, 0.3) is 10.0 Å². The fourth-order valence-corrected chi connectivity index (χ4v) is 4.85. The molecule has 0 atom stereocenters. The molecule has 3 aromatic heterocycles. The van der Waals surface area contributed by atoms with Gasteiger partial charge in [0.1, 0.15) is 35.6 Å². The Balaban J connectivity index is 1.58. The van der Waals surface area contributed by atoms with E-state index in [0.717, 1.165) is 42.7 Å². The maximum Gasteiger partial charge on any atom is 0.268 e. The van der Waals surface area contributed by atoms with Gasteiger partial charge in [-0.2, -0.15) is 0 Å². The van der Waals surface area contributed by atoms with Crippen molar-refractivity contribution in [2.75, 3.05) is 0 Å². The first kappa shape index (κ1) is 25.8. The zero-order valence-corrected chi connectivity index (χ0v) is 20.0. The molecule has 2 N–H and O–H groups in total. The van der Waals surface area contributed by atoms with Gasteiger partial charge in [0.2, 0.25) is 0 Å². The fourth-order valence-electron chi connectivity index (χ4n) is 3.31. The highest BCUT2D eigenvalue weighted by molar-refractivity contribution is 7.90. The second-order valence-electron chi connectivity index (χ2n) is 7.75. The molecule has 37 heavy (non-hydrogen) atoms. The van der Waals surface area contributed by atoms with Crippen LogP contribution in [0.2, 0.25) is 0 Å². The molecule has 1 aromatic carbocycles. The van der Waals surface area contributed by atoms with Crippen molar-refractivity contribution in [3.8, 4) is 5.75 Å². The van der Waals surface area contributed by atoms with Gasteiger partial charge in [-0.3, -0.25) is 15.0 Å². The summed E-state index contributed by atoms with van der Waals surface area (Å²) in [5.74, 6) is -3.28. The zero-order chi connectivity index (χ0) is 26.7. The van der Waals surface area contributed by atoms with Crippen LogP contribution in [0.25, 0.3) is 0 Å². The molecular weight excluding hydrogens is 514 g/mol. The van der Waals surface area contributed by atoms with Crippen LogP contribution in [0.3, 0.4) is 0 Å². The summed E-state index contributed by atoms with van der Waals surface area (Å²) in [6, 6.07) is 8.77. The van der Waals surface area contributed by atoms with Crippen molar-refractivity contribution in [2.45, 2.75) is 25.0 Å². The summed E-state index contributed by atoms with van der Waals surface area (Å²) in [6.07, 6.45) is 1.90. The number of nitrogens with two attached hydrogens (primary N) is 1. The molecule has 0 aliphatic carbocycles. The monoisotopic (exact) mass is 533 g/mol. The van der Waals surface area contributed by atoms with E-state index in [1.54, 1.807) is 0 Å². The smallest absolute Gasteiger partial charge is 0.268 e. The predicted molar refractivity (Wildman–Crippen MR) is 125 cm³/mol. The molecule has 192 valence electrons. The maximum atomic E-state index is 14.4. The van der Waals surface area contributed by atoms with Crippen LogP contribution in [0.15, 0.2) is 70.8 Å². The fraction of sp³-hybridized carbons (Fsp3) is 0.125. The van der Waals surface area contributed by atoms with Gasteiger partial charge in [0.15, 0.2) is 11.6 Å². The molecule has 0 saturated heterocycles. The molecule has 4 rings (SSSR count). The van der Waals surface area contributed by atoms with Crippen molar-refractivity contribution in [2.24, 2.45) is 10.7 Å². The average Bonchev–Trinajstić information content (AvgIpc) is 3.18. The molecule has 8 nitrogen and oxygen atoms in total. The van der Waals surface area contributed by atoms with Crippen molar-refractivity contribution in [1.82, 2.24) is 13.9 Å². The Bertz CT molecular complexity index is 1570. The van der Waals surface area contributed by atoms with Crippen molar-refractivity contribution in [3.05, 3.63) is 107 Å². The van der Waals surface area contributed by atoms with Crippen LogP contribution in [0, 0.1) is 30.2 Å². The minimum atomic E-state index is -4.34. The summed E-state index contributed by atoms with van der Waals surface area (Å²) in [7, 11) is -4.34. The van der Waals surface area contributed by atoms with Crippen molar-refractivity contribution in [1.29, 1.82) is 0 Å². The van der Waals surface area contributed by atoms with Crippen LogP contribution in [-0.2, 0) is 23.2 Å². The molecule has 0 spiro atoms. The number of nitrogens with zero attached hydrogens (tertiary/aromatic N) is 4. The van der Waals surface area contributed by atoms with Crippen LogP contribution in [0.5, 0.6) is 5.75 Å². The van der Waals surface area contributed by atoms with E-state index in [-0.39, 0.29) is 46.7 Å². The third-order valence-electron chi connectivity index (χ3n) is 5.20. The highest BCUT2D eigenvalue weighted by atomic mass is 32.2. The molecule has 0 unspecified atom stereocenters. The number of rotatable bonds is 8. The number of benzene rings is 1. The van der Waals surface area contributed by atoms with Gasteiger partial charge in [-0.15, -0.1) is 0 Å². The van der Waals surface area contributed by atoms with E-state index in [2.05, 4.69) is 15.0 Å². The Hall–Kier alpha value is -4.26. The van der Waals surface area contributed by atoms with Gasteiger partial charge in [0, 0.05) is 12.1 Å². The standard InChI is InChI=1S/C24H19F4N5O3S/c1-14-20(27)9-22(33(14)37(34,35)19-6-3-15(25)4-7-19)24(29)32-11-18-8-23(21(28)12-31-18)36-13-17-5-2-16(26)10-30-17/h2-10,12H,11,13H2,1H3,(H2,29,32). The van der Waals surface area contributed by atoms with Crippen LogP contribution in [0.1, 0.15) is 22.8 Å². The molecule has 0 fully saturated rings. The number of halogens is 4. The van der Waals surface area contributed by atoms with Gasteiger partial charge >= 0.3 is 0 Å². The van der Waals surface area contributed by atoms with E-state index in [1.807, 2.05) is 0 Å². The van der Waals surface area contributed by atoms with Gasteiger partial charge in [0.05, 0.1) is 40.9 Å². The molecular formula is C24H19F4N5O3S. The summed E-state index contributed by atoms with van der Waals surface area (Å²) in [6.45, 7) is 0.882. The second-order valence-corrected chi connectivity index (χ2v) is 9.54. The average molecular weight is 534 g/mol. The first-order valence-corrected chi connectivity index (χ1v) is 12.1. The molecule has 0 aliphatic heterocycles. The number of aliphatic imine (C=N–C) groups is 1. The van der Waals surface area contributed by atoms with Gasteiger partial charge in [-0.05, 0) is 43.3 Å². The number of ether oxygens (including phenoxy) is 1. The third-order valence-corrected chi connectivity index (χ3v) is 7.02. The van der Waals surface area contributed by atoms with Gasteiger partial charge < -0.3 is 10.5 Å². The lowest BCUT2D eigenvalue weighted by Gasteiger charge is -2.12. The van der Waals surface area contributed by atoms with E-state index < -0.39 is 33.3 Å². The van der Waals surface area contributed by atoms with Crippen LogP contribution >= 0.6 is 0 Å². The first-order valence-electron chi connectivity index (χ1n) is 10.6. The van der Waals surface area contributed by atoms with Crippen LogP contribution < -0.4 is 10.5 Å². The van der Waals surface area contributed by atoms with Gasteiger partial charge in [-0.1, -0.05) is 0 Å². The lowest BCUT2D eigenvalue weighted by Crippen LogP contribution is -2.24. The van der Waals surface area contributed by atoms with Crippen molar-refractivity contribution < 1.29 is 30.7 Å². The lowest BCUT2D eigenvalue weighted by atomic mass is 10.3. The number of hydrogen-bond acceptors (Lipinski definition) is 6. The van der Waals surface area contributed by atoms with E-state index in [0.29, 0.717) is 9.67 Å². The highest BCUT2D eigenvalue weighted by Gasteiger charge is 2.26. The third kappa shape index (κ3) is 5.61. The van der Waals surface area contributed by atoms with Crippen LogP contribution in [-0.4, -0.2) is 28.2 Å². The topological polar surface area (TPSA) is 112 Å². The molecule has 4 aromatic rings. The van der Waals surface area contributed by atoms with Gasteiger partial charge in [-0.25, -0.2) is 30.0 Å². The van der Waals surface area contributed by atoms with Crippen molar-refractivity contribution in [3.63, 3.8) is 0 Å². The SMILES string of the molecule is Cc1c(F)cc(C(N)=NCc2cc(OCc3ccc(F)cn3)c(F)cn2)n1S(=O)(=O)c1ccc(F)cc1. The minimum absolute atomic E-state index is 0.140. The van der Waals surface area contributed by atoms with Crippen molar-refractivity contribution >= 4 is 15.9 Å². The molecule has 0 saturated carbocycles. The Morgan fingerprint density at radius 3 is 2.30 bits per heavy atom. The Labute approximate surface area is 209 Å². The summed E-state index contributed by atoms with van der Waals surface area (Å²) >= 11 is 0. The number of hydrogen-bond donors (Lipinski definition) is 1. The molecule has 3 heterocycles. The summed E-state index contributed by atoms with van der Waals surface area (Å²) in [5.41, 5.74) is 6.08. The quantitative estimate of drug-likeness (QED) is 0.209. The molecule has 13 heteroatoms. The maximum absolute atomic E-state index is 14.4. The lowest BCUT2D eigenvalue weighted by molar-refractivity contribution is 0.284. The normalized spacial score (nSPS) is 12.1. The van der Waals surface area contributed by atoms with E-state index in [4.69, 9.17) is 10.5 Å². The Morgan fingerprint density at radius 1 is 0.946 bits per heavy atom. The number of aromatic nitrogens is 3. The molecule has 0 radical (unpaired) electrons. The molecule has 0 bridgehead atoms. The number of amidine groups is 1. The summed E-state index contributed by atoms with van der Waals surface area (Å²) in [4.78, 5) is 11.5. The number of pyridine rings is 2. The zero-order valence-electron chi connectivity index (χ0n) is 19.2. The van der Waals surface area contributed by atoms with E-state index in [9.17, 15) is 26.0 Å². The van der Waals surface area contributed by atoms with E-state index >= 15 is 0 Å². The largest absolute Gasteiger partial charge is 0.484 e. The minimum Gasteiger partial charge on any atom is -0.484 e. The van der Waals surface area contributed by atoms with E-state index in [1.165, 1.54) is 25.1 Å². The molecule has 0 aliphatic rings.